The number of rotatable bonds is 5. The minimum Gasteiger partial charge on any atom is -0.497 e. The van der Waals surface area contributed by atoms with E-state index in [2.05, 4.69) is 10.3 Å². The maximum Gasteiger partial charge on any atom is 0.416 e. The molecule has 40 heavy (non-hydrogen) atoms. The fourth-order valence-corrected chi connectivity index (χ4v) is 5.55. The molecule has 204 valence electrons. The van der Waals surface area contributed by atoms with Crippen molar-refractivity contribution in [1.29, 1.82) is 0 Å². The Kier molecular flexibility index (Phi) is 6.26. The number of aromatic amines is 1. The predicted molar refractivity (Wildman–Crippen MR) is 146 cm³/mol. The number of aromatic nitrogens is 2. The van der Waals surface area contributed by atoms with Gasteiger partial charge in [-0.15, -0.1) is 0 Å². The number of aliphatic hydroxyl groups is 1. The first-order valence-corrected chi connectivity index (χ1v) is 12.9. The van der Waals surface area contributed by atoms with Crippen molar-refractivity contribution in [1.82, 2.24) is 15.3 Å². The molecule has 1 unspecified atom stereocenters. The number of nitrogens with one attached hydrogen (secondary N) is 2. The molecule has 1 atom stereocenters. The summed E-state index contributed by atoms with van der Waals surface area (Å²) in [6.45, 7) is -0.373. The normalized spacial score (nSPS) is 17.1. The predicted octanol–water partition coefficient (Wildman–Crippen LogP) is 6.06. The maximum atomic E-state index is 13.9. The number of H-pyrrole nitrogens is 1. The second kappa shape index (κ2) is 9.67. The number of hydrogen-bond donors (Lipinski definition) is 3. The van der Waals surface area contributed by atoms with E-state index in [-0.39, 0.29) is 13.0 Å². The fourth-order valence-electron chi connectivity index (χ4n) is 5.55. The van der Waals surface area contributed by atoms with Gasteiger partial charge in [0.1, 0.15) is 5.75 Å². The Morgan fingerprint density at radius 1 is 1.07 bits per heavy atom. The highest BCUT2D eigenvalue weighted by Gasteiger charge is 2.38. The van der Waals surface area contributed by atoms with Crippen molar-refractivity contribution in [2.75, 3.05) is 13.7 Å². The van der Waals surface area contributed by atoms with E-state index in [1.165, 1.54) is 6.07 Å². The Balaban J connectivity index is 1.40. The van der Waals surface area contributed by atoms with Crippen molar-refractivity contribution in [2.45, 2.75) is 31.0 Å². The Bertz CT molecular complexity index is 1750. The van der Waals surface area contributed by atoms with E-state index in [0.717, 1.165) is 23.4 Å². The Labute approximate surface area is 227 Å². The van der Waals surface area contributed by atoms with Crippen LogP contribution in [0.4, 0.5) is 13.2 Å². The molecule has 5 aromatic rings. The van der Waals surface area contributed by atoms with Gasteiger partial charge in [0.05, 0.1) is 41.6 Å². The quantitative estimate of drug-likeness (QED) is 0.251. The van der Waals surface area contributed by atoms with Crippen LogP contribution in [0.25, 0.3) is 33.1 Å². The van der Waals surface area contributed by atoms with Crippen LogP contribution in [0.15, 0.2) is 72.8 Å². The topological polar surface area (TPSA) is 87.2 Å². The average Bonchev–Trinajstić information content (AvgIpc) is 3.33. The number of ether oxygens (including phenoxy) is 1. The molecule has 2 aromatic heterocycles. The van der Waals surface area contributed by atoms with E-state index in [9.17, 15) is 23.1 Å². The zero-order chi connectivity index (χ0) is 28.1. The molecule has 9 heteroatoms. The van der Waals surface area contributed by atoms with Crippen molar-refractivity contribution in [3.8, 4) is 17.0 Å². The van der Waals surface area contributed by atoms with E-state index in [1.54, 1.807) is 31.4 Å². The first-order valence-electron chi connectivity index (χ1n) is 12.9. The number of aryl methyl sites for hydroxylation is 1. The second-order valence-electron chi connectivity index (χ2n) is 10.2. The summed E-state index contributed by atoms with van der Waals surface area (Å²) in [6.07, 6.45) is -3.41. The van der Waals surface area contributed by atoms with Gasteiger partial charge in [-0.05, 0) is 60.9 Å². The number of pyridine rings is 1. The second-order valence-corrected chi connectivity index (χ2v) is 10.2. The molecule has 3 aromatic carbocycles. The Morgan fingerprint density at radius 3 is 2.60 bits per heavy atom. The number of benzene rings is 3. The molecule has 0 fully saturated rings. The first-order chi connectivity index (χ1) is 19.2. The van der Waals surface area contributed by atoms with Crippen LogP contribution >= 0.6 is 0 Å². The zero-order valence-corrected chi connectivity index (χ0v) is 21.6. The molecule has 0 saturated heterocycles. The lowest BCUT2D eigenvalue weighted by molar-refractivity contribution is -0.137. The molecular weight excluding hydrogens is 519 g/mol. The molecular formula is C31H26F3N3O3. The van der Waals surface area contributed by atoms with Crippen LogP contribution < -0.4 is 10.1 Å². The van der Waals surface area contributed by atoms with Crippen molar-refractivity contribution < 1.29 is 27.8 Å². The summed E-state index contributed by atoms with van der Waals surface area (Å²) in [7, 11) is 1.54. The van der Waals surface area contributed by atoms with Crippen LogP contribution in [0.5, 0.6) is 5.75 Å². The molecule has 6 rings (SSSR count). The number of nitrogens with zero attached hydrogens (tertiary/aromatic N) is 1. The molecule has 1 aliphatic carbocycles. The van der Waals surface area contributed by atoms with Gasteiger partial charge in [-0.1, -0.05) is 30.3 Å². The highest BCUT2D eigenvalue weighted by molar-refractivity contribution is 6.08. The van der Waals surface area contributed by atoms with Gasteiger partial charge in [0.25, 0.3) is 5.91 Å². The molecule has 3 N–H and O–H groups in total. The summed E-state index contributed by atoms with van der Waals surface area (Å²) in [5, 5.41) is 14.6. The molecule has 0 aliphatic heterocycles. The van der Waals surface area contributed by atoms with Crippen LogP contribution in [-0.2, 0) is 19.0 Å². The Hall–Kier alpha value is -4.37. The third-order valence-electron chi connectivity index (χ3n) is 7.70. The molecule has 0 radical (unpaired) electrons. The third kappa shape index (κ3) is 4.56. The van der Waals surface area contributed by atoms with Crippen molar-refractivity contribution >= 4 is 27.7 Å². The van der Waals surface area contributed by atoms with Crippen molar-refractivity contribution in [3.05, 3.63) is 95.2 Å². The van der Waals surface area contributed by atoms with Crippen LogP contribution in [-0.4, -0.2) is 40.2 Å². The lowest BCUT2D eigenvalue weighted by Gasteiger charge is -2.36. The number of halogens is 3. The van der Waals surface area contributed by atoms with Gasteiger partial charge in [-0.3, -0.25) is 4.79 Å². The summed E-state index contributed by atoms with van der Waals surface area (Å²) in [5.41, 5.74) is 2.71. The van der Waals surface area contributed by atoms with E-state index in [1.807, 2.05) is 30.3 Å². The number of fused-ring (bicyclic) bond motifs is 4. The molecule has 0 spiro atoms. The number of methoxy groups -OCH3 is 1. The van der Waals surface area contributed by atoms with Gasteiger partial charge in [0.15, 0.2) is 0 Å². The molecule has 6 nitrogen and oxygen atoms in total. The van der Waals surface area contributed by atoms with Gasteiger partial charge in [0, 0.05) is 34.0 Å². The number of carbonyl (C=O) groups excluding carboxylic acids is 1. The van der Waals surface area contributed by atoms with Gasteiger partial charge >= 0.3 is 6.18 Å². The summed E-state index contributed by atoms with van der Waals surface area (Å²) in [5.74, 6) is 0.153. The van der Waals surface area contributed by atoms with E-state index >= 15 is 0 Å². The summed E-state index contributed by atoms with van der Waals surface area (Å²) in [6, 6.07) is 20.1. The van der Waals surface area contributed by atoms with Gasteiger partial charge in [-0.25, -0.2) is 4.98 Å². The third-order valence-corrected chi connectivity index (χ3v) is 7.70. The standard InChI is InChI=1S/C31H26F3N3O3/c1-40-20-8-10-26-22(14-20)23(15-28(36-26)18-5-3-2-4-6-18)29(39)37-30(17-38)12-11-27-24(16-30)21-13-19(31(32,33)34)7-9-25(21)35-27/h2-10,13-15,35,38H,11-12,16-17H2,1H3,(H,37,39). The summed E-state index contributed by atoms with van der Waals surface area (Å²) >= 11 is 0. The zero-order valence-electron chi connectivity index (χ0n) is 21.6. The molecule has 0 saturated carbocycles. The maximum absolute atomic E-state index is 13.9. The monoisotopic (exact) mass is 545 g/mol. The lowest BCUT2D eigenvalue weighted by atomic mass is 9.79. The number of hydrogen-bond acceptors (Lipinski definition) is 4. The van der Waals surface area contributed by atoms with Gasteiger partial charge < -0.3 is 20.1 Å². The molecule has 2 heterocycles. The van der Waals surface area contributed by atoms with Crippen LogP contribution in [0.3, 0.4) is 0 Å². The minimum absolute atomic E-state index is 0.184. The molecule has 0 bridgehead atoms. The van der Waals surface area contributed by atoms with E-state index < -0.39 is 23.2 Å². The van der Waals surface area contributed by atoms with Gasteiger partial charge in [0.2, 0.25) is 0 Å². The van der Waals surface area contributed by atoms with Crippen LogP contribution in [0.1, 0.15) is 33.6 Å². The highest BCUT2D eigenvalue weighted by atomic mass is 19.4. The number of alkyl halides is 3. The molecule has 1 aliphatic rings. The van der Waals surface area contributed by atoms with Crippen LogP contribution in [0, 0.1) is 0 Å². The number of carbonyl (C=O) groups is 1. The Morgan fingerprint density at radius 2 is 1.88 bits per heavy atom. The lowest BCUT2D eigenvalue weighted by Crippen LogP contribution is -2.54. The van der Waals surface area contributed by atoms with Crippen LogP contribution in [0.2, 0.25) is 0 Å². The molecule has 1 amide bonds. The van der Waals surface area contributed by atoms with Crippen molar-refractivity contribution in [3.63, 3.8) is 0 Å². The SMILES string of the molecule is COc1ccc2nc(-c3ccccc3)cc(C(=O)NC3(CO)CCc4[nH]c5ccc(C(F)(F)F)cc5c4C3)c2c1. The first kappa shape index (κ1) is 25.9. The number of amides is 1. The highest BCUT2D eigenvalue weighted by Crippen LogP contribution is 2.38. The number of aliphatic hydroxyl groups excluding tert-OH is 1. The average molecular weight is 546 g/mol. The smallest absolute Gasteiger partial charge is 0.416 e. The largest absolute Gasteiger partial charge is 0.497 e. The summed E-state index contributed by atoms with van der Waals surface area (Å²) < 4.78 is 45.7. The minimum atomic E-state index is -4.48. The summed E-state index contributed by atoms with van der Waals surface area (Å²) in [4.78, 5) is 21.9. The van der Waals surface area contributed by atoms with E-state index in [4.69, 9.17) is 9.72 Å². The van der Waals surface area contributed by atoms with Crippen molar-refractivity contribution in [2.24, 2.45) is 0 Å². The van der Waals surface area contributed by atoms with E-state index in [0.29, 0.717) is 57.2 Å². The fraction of sp³-hybridized carbons (Fsp3) is 0.226. The van der Waals surface area contributed by atoms with Gasteiger partial charge in [-0.2, -0.15) is 13.2 Å².